The summed E-state index contributed by atoms with van der Waals surface area (Å²) < 4.78 is 94.4. The van der Waals surface area contributed by atoms with Crippen LogP contribution in [0, 0.1) is 0 Å². The molecule has 2 aromatic rings. The summed E-state index contributed by atoms with van der Waals surface area (Å²) in [5, 5.41) is 4.36. The van der Waals surface area contributed by atoms with Crippen LogP contribution in [-0.2, 0) is 30.3 Å². The van der Waals surface area contributed by atoms with Gasteiger partial charge in [-0.15, -0.1) is 0 Å². The molecule has 2 amide bonds. The summed E-state index contributed by atoms with van der Waals surface area (Å²) in [4.78, 5) is 10.7. The van der Waals surface area contributed by atoms with E-state index in [0.29, 0.717) is 12.8 Å². The van der Waals surface area contributed by atoms with Crippen molar-refractivity contribution in [2.45, 2.75) is 47.8 Å². The Hall–Kier alpha value is -2.98. The van der Waals surface area contributed by atoms with Crippen molar-refractivity contribution in [3.8, 4) is 0 Å². The molecule has 0 spiro atoms. The zero-order valence-corrected chi connectivity index (χ0v) is 21.6. The number of hydrogen-bond donors (Lipinski definition) is 5. The van der Waals surface area contributed by atoms with E-state index in [0.717, 1.165) is 24.3 Å². The smallest absolute Gasteiger partial charge is 0.319 e. The van der Waals surface area contributed by atoms with Gasteiger partial charge in [-0.1, -0.05) is 24.3 Å². The molecule has 1 fully saturated rings. The molecule has 1 aliphatic carbocycles. The van der Waals surface area contributed by atoms with Gasteiger partial charge in [0.2, 0.25) is 10.0 Å². The predicted molar refractivity (Wildman–Crippen MR) is 134 cm³/mol. The van der Waals surface area contributed by atoms with E-state index in [1.54, 1.807) is 13.8 Å². The minimum Gasteiger partial charge on any atom is -0.336 e. The molecule has 0 aromatic heterocycles. The number of urea groups is 1. The van der Waals surface area contributed by atoms with E-state index in [1.165, 1.54) is 24.3 Å². The largest absolute Gasteiger partial charge is 0.336 e. The number of benzene rings is 2. The lowest BCUT2D eigenvalue weighted by Gasteiger charge is -2.13. The average Bonchev–Trinajstić information content (AvgIpc) is 3.57. The number of hydrogen-bond acceptors (Lipinski definition) is 7. The first kappa shape index (κ1) is 27.6. The molecule has 0 saturated heterocycles. The van der Waals surface area contributed by atoms with Crippen LogP contribution >= 0.6 is 0 Å². The molecular formula is C21H25N3O9S3. The van der Waals surface area contributed by atoms with E-state index in [1.807, 2.05) is 0 Å². The second-order valence-corrected chi connectivity index (χ2v) is 13.1. The minimum absolute atomic E-state index is 0.0501. The molecule has 1 saturated carbocycles. The molecule has 0 atom stereocenters. The van der Waals surface area contributed by atoms with Gasteiger partial charge in [0.05, 0.1) is 10.9 Å². The first-order valence-corrected chi connectivity index (χ1v) is 15.0. The lowest BCUT2D eigenvalue weighted by atomic mass is 10.1. The van der Waals surface area contributed by atoms with Crippen LogP contribution in [0.4, 0.5) is 16.2 Å². The van der Waals surface area contributed by atoms with Crippen LogP contribution in [-0.4, -0.2) is 51.7 Å². The highest BCUT2D eigenvalue weighted by Gasteiger charge is 2.36. The van der Waals surface area contributed by atoms with Crippen molar-refractivity contribution < 1.29 is 39.2 Å². The van der Waals surface area contributed by atoms with Gasteiger partial charge in [0, 0.05) is 17.3 Å². The zero-order valence-electron chi connectivity index (χ0n) is 19.2. The SMILES string of the molecule is CC(C)NC(=O)Nc1ccc(C=Cc2c(NS(=O)(=O)C3CC3)cccc2S(=O)(=O)O)c(S(=O)(=O)O)c1. The van der Waals surface area contributed by atoms with E-state index >= 15 is 0 Å². The number of carbonyl (C=O) groups is 1. The first-order valence-electron chi connectivity index (χ1n) is 10.6. The molecule has 1 aliphatic rings. The van der Waals surface area contributed by atoms with Gasteiger partial charge in [0.25, 0.3) is 20.2 Å². The highest BCUT2D eigenvalue weighted by atomic mass is 32.2. The highest BCUT2D eigenvalue weighted by molar-refractivity contribution is 7.93. The van der Waals surface area contributed by atoms with Gasteiger partial charge in [-0.3, -0.25) is 13.8 Å². The highest BCUT2D eigenvalue weighted by Crippen LogP contribution is 2.33. The molecule has 15 heteroatoms. The fourth-order valence-electron chi connectivity index (χ4n) is 3.22. The Morgan fingerprint density at radius 3 is 2.14 bits per heavy atom. The summed E-state index contributed by atoms with van der Waals surface area (Å²) >= 11 is 0. The van der Waals surface area contributed by atoms with Gasteiger partial charge in [0.1, 0.15) is 9.79 Å². The number of carbonyl (C=O) groups excluding carboxylic acids is 1. The van der Waals surface area contributed by atoms with Crippen molar-refractivity contribution in [3.05, 3.63) is 47.5 Å². The first-order chi connectivity index (χ1) is 16.6. The van der Waals surface area contributed by atoms with Crippen molar-refractivity contribution in [1.29, 1.82) is 0 Å². The number of nitrogens with one attached hydrogen (secondary N) is 3. The van der Waals surface area contributed by atoms with E-state index in [2.05, 4.69) is 15.4 Å². The zero-order chi connectivity index (χ0) is 26.9. The summed E-state index contributed by atoms with van der Waals surface area (Å²) in [6, 6.07) is 6.37. The predicted octanol–water partition coefficient (Wildman–Crippen LogP) is 2.78. The lowest BCUT2D eigenvalue weighted by Crippen LogP contribution is -2.34. The third kappa shape index (κ3) is 7.04. The minimum atomic E-state index is -4.80. The Balaban J connectivity index is 2.07. The topological polar surface area (TPSA) is 196 Å². The van der Waals surface area contributed by atoms with Crippen molar-refractivity contribution in [1.82, 2.24) is 5.32 Å². The van der Waals surface area contributed by atoms with Gasteiger partial charge in [-0.05, 0) is 56.5 Å². The van der Waals surface area contributed by atoms with E-state index in [-0.39, 0.29) is 28.5 Å². The van der Waals surface area contributed by atoms with Crippen LogP contribution in [0.3, 0.4) is 0 Å². The molecule has 2 aromatic carbocycles. The second kappa shape index (κ2) is 10.2. The Kier molecular flexibility index (Phi) is 7.80. The molecule has 36 heavy (non-hydrogen) atoms. The molecule has 196 valence electrons. The van der Waals surface area contributed by atoms with Gasteiger partial charge in [-0.25, -0.2) is 13.2 Å². The maximum Gasteiger partial charge on any atom is 0.319 e. The van der Waals surface area contributed by atoms with Gasteiger partial charge in [0.15, 0.2) is 0 Å². The molecule has 0 unspecified atom stereocenters. The van der Waals surface area contributed by atoms with E-state index in [4.69, 9.17) is 0 Å². The summed E-state index contributed by atoms with van der Waals surface area (Å²) in [6.45, 7) is 3.45. The Morgan fingerprint density at radius 2 is 1.58 bits per heavy atom. The second-order valence-electron chi connectivity index (χ2n) is 8.35. The summed E-state index contributed by atoms with van der Waals surface area (Å²) in [5.41, 5.74) is -0.447. The van der Waals surface area contributed by atoms with Crippen molar-refractivity contribution in [3.63, 3.8) is 0 Å². The van der Waals surface area contributed by atoms with Crippen LogP contribution in [0.2, 0.25) is 0 Å². The molecular weight excluding hydrogens is 534 g/mol. The average molecular weight is 560 g/mol. The third-order valence-electron chi connectivity index (χ3n) is 4.96. The van der Waals surface area contributed by atoms with Crippen LogP contribution in [0.25, 0.3) is 12.2 Å². The Morgan fingerprint density at radius 1 is 0.944 bits per heavy atom. The molecule has 5 N–H and O–H groups in total. The fourth-order valence-corrected chi connectivity index (χ4v) is 6.04. The van der Waals surface area contributed by atoms with Crippen molar-refractivity contribution in [2.24, 2.45) is 0 Å². The van der Waals surface area contributed by atoms with E-state index in [9.17, 15) is 39.2 Å². The maximum atomic E-state index is 12.4. The Bertz CT molecular complexity index is 1530. The molecule has 3 rings (SSSR count). The van der Waals surface area contributed by atoms with Crippen molar-refractivity contribution >= 4 is 59.8 Å². The van der Waals surface area contributed by atoms with Crippen LogP contribution in [0.5, 0.6) is 0 Å². The third-order valence-corrected chi connectivity index (χ3v) is 8.63. The lowest BCUT2D eigenvalue weighted by molar-refractivity contribution is 0.250. The Labute approximate surface area is 209 Å². The fraction of sp³-hybridized carbons (Fsp3) is 0.286. The normalized spacial score (nSPS) is 14.7. The molecule has 0 bridgehead atoms. The van der Waals surface area contributed by atoms with Crippen molar-refractivity contribution in [2.75, 3.05) is 10.0 Å². The standard InChI is InChI=1S/C21H25N3O9S3/c1-13(2)22-21(25)23-15-8-6-14(20(12-15)36(31,32)33)7-11-17-18(24-34(26,27)16-9-10-16)4-3-5-19(17)35(28,29)30/h3-8,11-13,16,24H,9-10H2,1-2H3,(H2,22,23,25)(H,28,29,30)(H,31,32,33). The number of anilines is 2. The van der Waals surface area contributed by atoms with Gasteiger partial charge < -0.3 is 10.6 Å². The van der Waals surface area contributed by atoms with E-state index < -0.39 is 51.3 Å². The van der Waals surface area contributed by atoms with Gasteiger partial charge >= 0.3 is 6.03 Å². The van der Waals surface area contributed by atoms with Crippen LogP contribution < -0.4 is 15.4 Å². The maximum absolute atomic E-state index is 12.4. The van der Waals surface area contributed by atoms with Gasteiger partial charge in [-0.2, -0.15) is 16.8 Å². The number of rotatable bonds is 9. The number of amides is 2. The monoisotopic (exact) mass is 559 g/mol. The van der Waals surface area contributed by atoms with Crippen LogP contribution in [0.1, 0.15) is 37.8 Å². The molecule has 12 nitrogen and oxygen atoms in total. The quantitative estimate of drug-likeness (QED) is 0.227. The molecule has 0 radical (unpaired) electrons. The molecule has 0 aliphatic heterocycles. The van der Waals surface area contributed by atoms with Crippen LogP contribution in [0.15, 0.2) is 46.2 Å². The number of sulfonamides is 1. The summed E-state index contributed by atoms with van der Waals surface area (Å²) in [7, 11) is -13.4. The summed E-state index contributed by atoms with van der Waals surface area (Å²) in [6.07, 6.45) is 3.12. The summed E-state index contributed by atoms with van der Waals surface area (Å²) in [5.74, 6) is 0. The molecule has 0 heterocycles.